The van der Waals surface area contributed by atoms with Crippen LogP contribution >= 0.6 is 0 Å². The minimum Gasteiger partial charge on any atom is -0.339 e. The van der Waals surface area contributed by atoms with Crippen molar-refractivity contribution in [1.82, 2.24) is 29.5 Å². The molecule has 182 valence electrons. The van der Waals surface area contributed by atoms with E-state index in [0.717, 1.165) is 67.9 Å². The van der Waals surface area contributed by atoms with Gasteiger partial charge in [0.05, 0.1) is 18.1 Å². The second-order valence-corrected chi connectivity index (χ2v) is 9.00. The smallest absolute Gasteiger partial charge is 0.247 e. The van der Waals surface area contributed by atoms with Gasteiger partial charge in [0, 0.05) is 65.5 Å². The van der Waals surface area contributed by atoms with E-state index in [0.29, 0.717) is 0 Å². The number of amides is 1. The maximum absolute atomic E-state index is 12.1. The van der Waals surface area contributed by atoms with E-state index in [-0.39, 0.29) is 5.91 Å². The van der Waals surface area contributed by atoms with E-state index in [4.69, 9.17) is 4.98 Å². The number of nitrogens with one attached hydrogen (secondary N) is 2. The molecular weight excluding hydrogens is 450 g/mol. The Hall–Kier alpha value is -4.46. The molecule has 0 atom stereocenters. The van der Waals surface area contributed by atoms with Crippen molar-refractivity contribution in [2.45, 2.75) is 27.2 Å². The number of aromatic amines is 1. The number of hydrogen-bond acceptors (Lipinski definition) is 4. The van der Waals surface area contributed by atoms with Gasteiger partial charge >= 0.3 is 0 Å². The molecule has 1 aromatic carbocycles. The van der Waals surface area contributed by atoms with Crippen LogP contribution in [0.1, 0.15) is 23.7 Å². The predicted octanol–water partition coefficient (Wildman–Crippen LogP) is 5.33. The average Bonchev–Trinajstić information content (AvgIpc) is 3.57. The minimum absolute atomic E-state index is 0.244. The number of carbonyl (C=O) groups excluding carboxylic acids is 1. The summed E-state index contributed by atoms with van der Waals surface area (Å²) in [6, 6.07) is 6.12. The summed E-state index contributed by atoms with van der Waals surface area (Å²) < 4.78 is 3.67. The van der Waals surface area contributed by atoms with Crippen molar-refractivity contribution in [2.24, 2.45) is 14.1 Å². The number of aryl methyl sites for hydroxylation is 4. The van der Waals surface area contributed by atoms with Crippen LogP contribution in [0.25, 0.3) is 44.5 Å². The molecule has 0 fully saturated rings. The van der Waals surface area contributed by atoms with E-state index in [9.17, 15) is 4.79 Å². The lowest BCUT2D eigenvalue weighted by Gasteiger charge is -2.13. The first kappa shape index (κ1) is 23.3. The zero-order chi connectivity index (χ0) is 25.6. The second kappa shape index (κ2) is 8.96. The third-order valence-corrected chi connectivity index (χ3v) is 6.77. The highest BCUT2D eigenvalue weighted by molar-refractivity contribution is 6.07. The number of benzene rings is 1. The van der Waals surface area contributed by atoms with Gasteiger partial charge in [0.1, 0.15) is 5.65 Å². The van der Waals surface area contributed by atoms with Crippen LogP contribution < -0.4 is 5.32 Å². The van der Waals surface area contributed by atoms with Crippen molar-refractivity contribution in [3.05, 3.63) is 72.5 Å². The Morgan fingerprint density at radius 1 is 1.11 bits per heavy atom. The van der Waals surface area contributed by atoms with E-state index in [2.05, 4.69) is 47.0 Å². The Morgan fingerprint density at radius 3 is 2.56 bits per heavy atom. The van der Waals surface area contributed by atoms with Crippen molar-refractivity contribution >= 4 is 22.6 Å². The molecule has 5 rings (SSSR count). The molecule has 0 radical (unpaired) electrons. The molecule has 4 aromatic heterocycles. The van der Waals surface area contributed by atoms with Crippen LogP contribution in [0.4, 0.5) is 5.69 Å². The molecular formula is C28H29N7O. The van der Waals surface area contributed by atoms with Crippen LogP contribution in [0.5, 0.6) is 0 Å². The summed E-state index contributed by atoms with van der Waals surface area (Å²) in [4.78, 5) is 20.5. The normalized spacial score (nSPS) is 11.2. The van der Waals surface area contributed by atoms with Gasteiger partial charge in [0.2, 0.25) is 5.91 Å². The van der Waals surface area contributed by atoms with Crippen LogP contribution in [0.15, 0.2) is 55.6 Å². The maximum atomic E-state index is 12.1. The van der Waals surface area contributed by atoms with Crippen molar-refractivity contribution in [2.75, 3.05) is 5.32 Å². The van der Waals surface area contributed by atoms with Crippen LogP contribution in [-0.2, 0) is 25.3 Å². The average molecular weight is 480 g/mol. The number of nitrogens with zero attached hydrogens (tertiary/aromatic N) is 5. The van der Waals surface area contributed by atoms with Crippen LogP contribution in [-0.4, -0.2) is 35.4 Å². The van der Waals surface area contributed by atoms with Crippen molar-refractivity contribution in [3.8, 4) is 33.5 Å². The Kier molecular flexibility index (Phi) is 5.80. The molecule has 0 bridgehead atoms. The number of aromatic nitrogens is 6. The highest BCUT2D eigenvalue weighted by Gasteiger charge is 2.23. The fourth-order valence-electron chi connectivity index (χ4n) is 4.73. The lowest BCUT2D eigenvalue weighted by atomic mass is 9.92. The molecule has 0 unspecified atom stereocenters. The van der Waals surface area contributed by atoms with E-state index >= 15 is 0 Å². The standard InChI is InChI=1S/C28H29N7O/c1-7-20-22(21-14-31-35(6)17(21)4)13-29-28-26(20)25(27(33-28)19-12-30-34(5)15-19)18-10-9-16(3)23(11-18)32-24(36)8-2/h8-15H,2,7H2,1,3-6H3,(H,29,33)(H,32,36). The monoisotopic (exact) mass is 479 g/mol. The van der Waals surface area contributed by atoms with Gasteiger partial charge in [-0.1, -0.05) is 25.6 Å². The second-order valence-electron chi connectivity index (χ2n) is 9.00. The molecule has 0 spiro atoms. The molecule has 2 N–H and O–H groups in total. The third kappa shape index (κ3) is 3.80. The van der Waals surface area contributed by atoms with Gasteiger partial charge in [-0.15, -0.1) is 0 Å². The van der Waals surface area contributed by atoms with Crippen molar-refractivity contribution < 1.29 is 4.79 Å². The maximum Gasteiger partial charge on any atom is 0.247 e. The third-order valence-electron chi connectivity index (χ3n) is 6.77. The van der Waals surface area contributed by atoms with Crippen molar-refractivity contribution in [1.29, 1.82) is 0 Å². The lowest BCUT2D eigenvalue weighted by molar-refractivity contribution is -0.111. The van der Waals surface area contributed by atoms with Crippen LogP contribution in [0, 0.1) is 13.8 Å². The number of fused-ring (bicyclic) bond motifs is 1. The SMILES string of the molecule is C=CC(=O)Nc1cc(-c2c(-c3cnn(C)c3)[nH]c3ncc(-c4cnn(C)c4C)c(CC)c23)ccc1C. The molecule has 0 saturated heterocycles. The van der Waals surface area contributed by atoms with Gasteiger partial charge < -0.3 is 10.3 Å². The Morgan fingerprint density at radius 2 is 1.92 bits per heavy atom. The summed E-state index contributed by atoms with van der Waals surface area (Å²) in [5.74, 6) is -0.244. The Balaban J connectivity index is 1.84. The molecule has 36 heavy (non-hydrogen) atoms. The Bertz CT molecular complexity index is 1630. The first-order chi connectivity index (χ1) is 17.3. The summed E-state index contributed by atoms with van der Waals surface area (Å²) in [5.41, 5.74) is 10.8. The summed E-state index contributed by atoms with van der Waals surface area (Å²) in [6.07, 6.45) is 9.76. The largest absolute Gasteiger partial charge is 0.339 e. The predicted molar refractivity (Wildman–Crippen MR) is 144 cm³/mol. The summed E-state index contributed by atoms with van der Waals surface area (Å²) in [5, 5.41) is 12.9. The van der Waals surface area contributed by atoms with Gasteiger partial charge in [0.25, 0.3) is 0 Å². The molecule has 0 aliphatic carbocycles. The van der Waals surface area contributed by atoms with E-state index < -0.39 is 0 Å². The molecule has 8 heteroatoms. The fraction of sp³-hybridized carbons (Fsp3) is 0.214. The van der Waals surface area contributed by atoms with Gasteiger partial charge in [-0.25, -0.2) is 4.98 Å². The molecule has 0 aliphatic rings. The zero-order valence-corrected chi connectivity index (χ0v) is 21.2. The number of H-pyrrole nitrogens is 1. The molecule has 0 saturated carbocycles. The summed E-state index contributed by atoms with van der Waals surface area (Å²) in [7, 11) is 3.85. The van der Waals surface area contributed by atoms with Crippen molar-refractivity contribution in [3.63, 3.8) is 0 Å². The molecule has 1 amide bonds. The summed E-state index contributed by atoms with van der Waals surface area (Å²) in [6.45, 7) is 9.79. The molecule has 4 heterocycles. The molecule has 0 aliphatic heterocycles. The van der Waals surface area contributed by atoms with Crippen LogP contribution in [0.3, 0.4) is 0 Å². The van der Waals surface area contributed by atoms with E-state index in [1.54, 1.807) is 4.68 Å². The highest BCUT2D eigenvalue weighted by Crippen LogP contribution is 2.43. The lowest BCUT2D eigenvalue weighted by Crippen LogP contribution is -2.08. The quantitative estimate of drug-likeness (QED) is 0.322. The minimum atomic E-state index is -0.244. The zero-order valence-electron chi connectivity index (χ0n) is 21.2. The van der Waals surface area contributed by atoms with Crippen LogP contribution in [0.2, 0.25) is 0 Å². The highest BCUT2D eigenvalue weighted by atomic mass is 16.1. The van der Waals surface area contributed by atoms with E-state index in [1.165, 1.54) is 11.6 Å². The fourth-order valence-corrected chi connectivity index (χ4v) is 4.73. The number of anilines is 1. The topological polar surface area (TPSA) is 93.4 Å². The molecule has 5 aromatic rings. The van der Waals surface area contributed by atoms with E-state index in [1.807, 2.05) is 62.6 Å². The first-order valence-corrected chi connectivity index (χ1v) is 11.9. The first-order valence-electron chi connectivity index (χ1n) is 11.9. The van der Waals surface area contributed by atoms with Gasteiger partial charge in [-0.2, -0.15) is 10.2 Å². The Labute approximate surface area is 209 Å². The molecule has 8 nitrogen and oxygen atoms in total. The number of hydrogen-bond donors (Lipinski definition) is 2. The van der Waals surface area contributed by atoms with Gasteiger partial charge in [-0.3, -0.25) is 14.2 Å². The number of rotatable bonds is 6. The van der Waals surface area contributed by atoms with Gasteiger partial charge in [-0.05, 0) is 49.1 Å². The number of pyridine rings is 1. The summed E-state index contributed by atoms with van der Waals surface area (Å²) >= 11 is 0. The van der Waals surface area contributed by atoms with Gasteiger partial charge in [0.15, 0.2) is 0 Å². The number of carbonyl (C=O) groups is 1.